The van der Waals surface area contributed by atoms with Gasteiger partial charge >= 0.3 is 0 Å². The number of carbonyl (C=O) groups excluding carboxylic acids is 1. The first kappa shape index (κ1) is 18.4. The molecule has 0 bridgehead atoms. The van der Waals surface area contributed by atoms with E-state index in [2.05, 4.69) is 26.9 Å². The Hall–Kier alpha value is -2.99. The van der Waals surface area contributed by atoms with Gasteiger partial charge in [0, 0.05) is 56.5 Å². The summed E-state index contributed by atoms with van der Waals surface area (Å²) in [5.41, 5.74) is 4.12. The minimum absolute atomic E-state index is 0.192. The molecule has 1 fully saturated rings. The van der Waals surface area contributed by atoms with Gasteiger partial charge < -0.3 is 4.90 Å². The number of hydrogen-bond acceptors (Lipinski definition) is 5. The third kappa shape index (κ3) is 3.55. The molecule has 1 aliphatic rings. The molecule has 3 aromatic rings. The van der Waals surface area contributed by atoms with Crippen molar-refractivity contribution in [3.8, 4) is 0 Å². The molecule has 0 N–H and O–H groups in total. The second-order valence-corrected chi connectivity index (χ2v) is 7.32. The third-order valence-corrected chi connectivity index (χ3v) is 5.35. The Bertz CT molecular complexity index is 1080. The average molecular weight is 376 g/mol. The smallest absolute Gasteiger partial charge is 0.265 e. The molecule has 0 aliphatic carbocycles. The first-order chi connectivity index (χ1) is 13.5. The van der Waals surface area contributed by atoms with Crippen LogP contribution in [0.25, 0.3) is 5.52 Å². The summed E-state index contributed by atoms with van der Waals surface area (Å²) in [6.07, 6.45) is 3.59. The van der Waals surface area contributed by atoms with Gasteiger partial charge in [-0.05, 0) is 49.7 Å². The third-order valence-electron chi connectivity index (χ3n) is 5.35. The fourth-order valence-electron chi connectivity index (χ4n) is 3.83. The second-order valence-electron chi connectivity index (χ2n) is 7.32. The van der Waals surface area contributed by atoms with Crippen LogP contribution in [0.2, 0.25) is 0 Å². The SMILES string of the molecule is CC(=O)c1cc(CN2CCN(c3ccnc(C)c3)CC2)c2ccccn2c1=O. The lowest BCUT2D eigenvalue weighted by Crippen LogP contribution is -2.46. The zero-order valence-corrected chi connectivity index (χ0v) is 16.3. The van der Waals surface area contributed by atoms with Gasteiger partial charge in [0.15, 0.2) is 5.78 Å². The van der Waals surface area contributed by atoms with E-state index in [9.17, 15) is 9.59 Å². The fraction of sp³-hybridized carbons (Fsp3) is 0.318. The molecule has 1 saturated heterocycles. The highest BCUT2D eigenvalue weighted by Gasteiger charge is 2.20. The summed E-state index contributed by atoms with van der Waals surface area (Å²) < 4.78 is 1.59. The van der Waals surface area contributed by atoms with Gasteiger partial charge in [-0.3, -0.25) is 23.9 Å². The van der Waals surface area contributed by atoms with E-state index in [1.165, 1.54) is 12.6 Å². The molecule has 0 unspecified atom stereocenters. The largest absolute Gasteiger partial charge is 0.369 e. The maximum Gasteiger partial charge on any atom is 0.265 e. The maximum absolute atomic E-state index is 12.6. The molecule has 4 rings (SSSR count). The van der Waals surface area contributed by atoms with Crippen molar-refractivity contribution in [2.24, 2.45) is 0 Å². The first-order valence-electron chi connectivity index (χ1n) is 9.57. The van der Waals surface area contributed by atoms with Crippen LogP contribution in [-0.2, 0) is 6.54 Å². The Morgan fingerprint density at radius 1 is 1.11 bits per heavy atom. The Labute approximate surface area is 164 Å². The molecule has 3 aromatic heterocycles. The molecule has 0 aromatic carbocycles. The highest BCUT2D eigenvalue weighted by Crippen LogP contribution is 2.19. The van der Waals surface area contributed by atoms with Crippen LogP contribution in [0.5, 0.6) is 0 Å². The zero-order valence-electron chi connectivity index (χ0n) is 16.3. The molecule has 1 aliphatic heterocycles. The van der Waals surface area contributed by atoms with Crippen molar-refractivity contribution < 1.29 is 4.79 Å². The Morgan fingerprint density at radius 2 is 1.89 bits per heavy atom. The quantitative estimate of drug-likeness (QED) is 0.655. The van der Waals surface area contributed by atoms with E-state index in [4.69, 9.17) is 0 Å². The molecule has 6 heteroatoms. The number of aromatic nitrogens is 2. The minimum atomic E-state index is -0.246. The lowest BCUT2D eigenvalue weighted by atomic mass is 10.1. The Morgan fingerprint density at radius 3 is 2.61 bits per heavy atom. The van der Waals surface area contributed by atoms with Crippen molar-refractivity contribution in [3.05, 3.63) is 76.0 Å². The van der Waals surface area contributed by atoms with Crippen molar-refractivity contribution in [2.45, 2.75) is 20.4 Å². The van der Waals surface area contributed by atoms with E-state index in [0.717, 1.165) is 49.5 Å². The van der Waals surface area contributed by atoms with Gasteiger partial charge in [-0.2, -0.15) is 0 Å². The summed E-state index contributed by atoms with van der Waals surface area (Å²) in [5, 5.41) is 0. The molecule has 0 spiro atoms. The van der Waals surface area contributed by atoms with Crippen molar-refractivity contribution in [1.29, 1.82) is 0 Å². The number of anilines is 1. The van der Waals surface area contributed by atoms with E-state index in [1.54, 1.807) is 16.7 Å². The normalized spacial score (nSPS) is 15.1. The number of Topliss-reactive ketones (excluding diaryl/α,β-unsaturated/α-hetero) is 1. The van der Waals surface area contributed by atoms with Crippen molar-refractivity contribution >= 4 is 17.0 Å². The Kier molecular flexibility index (Phi) is 4.96. The summed E-state index contributed by atoms with van der Waals surface area (Å²) in [7, 11) is 0. The molecule has 0 radical (unpaired) electrons. The molecular formula is C22H24N4O2. The Balaban J connectivity index is 1.56. The minimum Gasteiger partial charge on any atom is -0.369 e. The van der Waals surface area contributed by atoms with Crippen molar-refractivity contribution in [1.82, 2.24) is 14.3 Å². The lowest BCUT2D eigenvalue weighted by Gasteiger charge is -2.36. The molecule has 0 saturated carbocycles. The van der Waals surface area contributed by atoms with E-state index in [1.807, 2.05) is 31.3 Å². The number of hydrogen-bond donors (Lipinski definition) is 0. The van der Waals surface area contributed by atoms with E-state index >= 15 is 0 Å². The van der Waals surface area contributed by atoms with E-state index in [0.29, 0.717) is 0 Å². The fourth-order valence-corrected chi connectivity index (χ4v) is 3.83. The molecule has 28 heavy (non-hydrogen) atoms. The van der Waals surface area contributed by atoms with Crippen LogP contribution in [0.3, 0.4) is 0 Å². The number of ketones is 1. The number of fused-ring (bicyclic) bond motifs is 1. The highest BCUT2D eigenvalue weighted by molar-refractivity contribution is 5.94. The zero-order chi connectivity index (χ0) is 19.7. The summed E-state index contributed by atoms with van der Waals surface area (Å²) in [5.74, 6) is -0.192. The van der Waals surface area contributed by atoms with Crippen LogP contribution in [0.15, 0.2) is 53.6 Å². The molecule has 4 heterocycles. The van der Waals surface area contributed by atoms with Crippen LogP contribution in [0.1, 0.15) is 28.5 Å². The predicted molar refractivity (Wildman–Crippen MR) is 110 cm³/mol. The van der Waals surface area contributed by atoms with Crippen molar-refractivity contribution in [3.63, 3.8) is 0 Å². The van der Waals surface area contributed by atoms with Gasteiger partial charge in [-0.1, -0.05) is 6.07 Å². The lowest BCUT2D eigenvalue weighted by molar-refractivity contribution is 0.101. The summed E-state index contributed by atoms with van der Waals surface area (Å²) >= 11 is 0. The van der Waals surface area contributed by atoms with Crippen LogP contribution < -0.4 is 10.5 Å². The van der Waals surface area contributed by atoms with Gasteiger partial charge in [-0.25, -0.2) is 0 Å². The summed E-state index contributed by atoms with van der Waals surface area (Å²) in [6, 6.07) is 11.6. The van der Waals surface area contributed by atoms with E-state index in [-0.39, 0.29) is 16.9 Å². The number of rotatable bonds is 4. The van der Waals surface area contributed by atoms with Gasteiger partial charge in [0.1, 0.15) is 0 Å². The standard InChI is InChI=1S/C22H24N4O2/c1-16-13-19(6-7-23-16)25-11-9-24(10-12-25)15-18-14-20(17(2)27)22(28)26-8-4-3-5-21(18)26/h3-8,13-14H,9-12,15H2,1-2H3. The maximum atomic E-state index is 12.6. The molecule has 144 valence electrons. The average Bonchev–Trinajstić information content (AvgIpc) is 2.70. The number of nitrogens with zero attached hydrogens (tertiary/aromatic N) is 4. The molecule has 0 amide bonds. The number of pyridine rings is 3. The van der Waals surface area contributed by atoms with Gasteiger partial charge in [0.25, 0.3) is 5.56 Å². The summed E-state index contributed by atoms with van der Waals surface area (Å²) in [6.45, 7) is 7.91. The number of carbonyl (C=O) groups is 1. The molecule has 0 atom stereocenters. The van der Waals surface area contributed by atoms with Crippen LogP contribution >= 0.6 is 0 Å². The predicted octanol–water partition coefficient (Wildman–Crippen LogP) is 2.53. The van der Waals surface area contributed by atoms with Crippen LogP contribution in [-0.4, -0.2) is 46.2 Å². The number of piperazine rings is 1. The van der Waals surface area contributed by atoms with Crippen LogP contribution in [0, 0.1) is 6.92 Å². The topological polar surface area (TPSA) is 57.9 Å². The van der Waals surface area contributed by atoms with E-state index < -0.39 is 0 Å². The molecule has 6 nitrogen and oxygen atoms in total. The highest BCUT2D eigenvalue weighted by atomic mass is 16.1. The molecular weight excluding hydrogens is 352 g/mol. The van der Waals surface area contributed by atoms with Gasteiger partial charge in [0.05, 0.1) is 11.1 Å². The monoisotopic (exact) mass is 376 g/mol. The first-order valence-corrected chi connectivity index (χ1v) is 9.57. The van der Waals surface area contributed by atoms with Gasteiger partial charge in [0.2, 0.25) is 0 Å². The van der Waals surface area contributed by atoms with Crippen molar-refractivity contribution in [2.75, 3.05) is 31.1 Å². The number of aryl methyl sites for hydroxylation is 1. The van der Waals surface area contributed by atoms with Crippen LogP contribution in [0.4, 0.5) is 5.69 Å². The van der Waals surface area contributed by atoms with Gasteiger partial charge in [-0.15, -0.1) is 0 Å². The second kappa shape index (κ2) is 7.56. The summed E-state index contributed by atoms with van der Waals surface area (Å²) in [4.78, 5) is 33.5.